The zero-order valence-electron chi connectivity index (χ0n) is 6.93. The first-order chi connectivity index (χ1) is 5.21. The summed E-state index contributed by atoms with van der Waals surface area (Å²) in [5.74, 6) is 1.05. The first-order valence-corrected chi connectivity index (χ1v) is 4.36. The molecule has 0 spiro atoms. The van der Waals surface area contributed by atoms with Gasteiger partial charge in [-0.25, -0.2) is 0 Å². The molecule has 1 saturated carbocycles. The lowest BCUT2D eigenvalue weighted by Gasteiger charge is -2.33. The van der Waals surface area contributed by atoms with Crippen molar-refractivity contribution in [1.82, 2.24) is 0 Å². The molecule has 2 aliphatic rings. The van der Waals surface area contributed by atoms with Gasteiger partial charge in [-0.2, -0.15) is 0 Å². The molecule has 1 atom stereocenters. The summed E-state index contributed by atoms with van der Waals surface area (Å²) < 4.78 is 5.64. The van der Waals surface area contributed by atoms with Crippen LogP contribution in [0.25, 0.3) is 0 Å². The van der Waals surface area contributed by atoms with E-state index in [9.17, 15) is 4.79 Å². The molecule has 11 heavy (non-hydrogen) atoms. The van der Waals surface area contributed by atoms with Gasteiger partial charge in [-0.3, -0.25) is 4.79 Å². The van der Waals surface area contributed by atoms with E-state index in [-0.39, 0.29) is 5.60 Å². The summed E-state index contributed by atoms with van der Waals surface area (Å²) in [5.41, 5.74) is -0.0880. The van der Waals surface area contributed by atoms with Crippen molar-refractivity contribution in [2.24, 2.45) is 5.92 Å². The molecular formula is C9H14O2. The monoisotopic (exact) mass is 154 g/mol. The van der Waals surface area contributed by atoms with Gasteiger partial charge < -0.3 is 4.74 Å². The third kappa shape index (κ3) is 1.32. The Balaban J connectivity index is 2.04. The number of hydrogen-bond acceptors (Lipinski definition) is 2. The third-order valence-electron chi connectivity index (χ3n) is 2.80. The van der Waals surface area contributed by atoms with Gasteiger partial charge in [0.05, 0.1) is 12.2 Å². The Kier molecular flexibility index (Phi) is 1.53. The van der Waals surface area contributed by atoms with E-state index in [2.05, 4.69) is 6.92 Å². The van der Waals surface area contributed by atoms with Gasteiger partial charge in [-0.05, 0) is 25.7 Å². The lowest BCUT2D eigenvalue weighted by atomic mass is 9.90. The van der Waals surface area contributed by atoms with Crippen molar-refractivity contribution in [2.75, 3.05) is 6.61 Å². The number of carbonyl (C=O) groups excluding carboxylic acids is 1. The van der Waals surface area contributed by atoms with Crippen molar-refractivity contribution in [3.63, 3.8) is 0 Å². The maximum atomic E-state index is 11.1. The molecule has 0 bridgehead atoms. The zero-order valence-corrected chi connectivity index (χ0v) is 6.93. The van der Waals surface area contributed by atoms with Gasteiger partial charge in [-0.1, -0.05) is 0 Å². The van der Waals surface area contributed by atoms with Crippen LogP contribution in [0.4, 0.5) is 0 Å². The molecule has 2 fully saturated rings. The predicted molar refractivity (Wildman–Crippen MR) is 41.3 cm³/mol. The van der Waals surface area contributed by atoms with Gasteiger partial charge in [0.15, 0.2) is 0 Å². The second-order valence-electron chi connectivity index (χ2n) is 3.90. The van der Waals surface area contributed by atoms with E-state index in [0.29, 0.717) is 31.1 Å². The average Bonchev–Trinajstić information content (AvgIpc) is 2.66. The molecule has 1 aliphatic heterocycles. The molecule has 2 heteroatoms. The Bertz CT molecular complexity index is 184. The molecule has 1 heterocycles. The molecule has 1 unspecified atom stereocenters. The summed E-state index contributed by atoms with van der Waals surface area (Å²) >= 11 is 0. The minimum atomic E-state index is -0.0880. The van der Waals surface area contributed by atoms with Crippen molar-refractivity contribution in [2.45, 2.75) is 38.2 Å². The van der Waals surface area contributed by atoms with E-state index in [1.807, 2.05) is 0 Å². The summed E-state index contributed by atoms with van der Waals surface area (Å²) in [5, 5.41) is 0. The van der Waals surface area contributed by atoms with E-state index >= 15 is 0 Å². The average molecular weight is 154 g/mol. The van der Waals surface area contributed by atoms with Crippen LogP contribution < -0.4 is 0 Å². The molecule has 0 radical (unpaired) electrons. The summed E-state index contributed by atoms with van der Waals surface area (Å²) in [6.45, 7) is 2.73. The minimum Gasteiger partial charge on any atom is -0.374 e. The third-order valence-corrected chi connectivity index (χ3v) is 2.80. The molecule has 0 aromatic carbocycles. The SMILES string of the molecule is CC1(C2CC2)CC(=O)CCO1. The van der Waals surface area contributed by atoms with Crippen molar-refractivity contribution in [3.05, 3.63) is 0 Å². The van der Waals surface area contributed by atoms with Crippen LogP contribution in [0.15, 0.2) is 0 Å². The van der Waals surface area contributed by atoms with Gasteiger partial charge in [0.2, 0.25) is 0 Å². The highest BCUT2D eigenvalue weighted by molar-refractivity contribution is 5.80. The summed E-state index contributed by atoms with van der Waals surface area (Å²) in [4.78, 5) is 11.1. The van der Waals surface area contributed by atoms with Gasteiger partial charge in [0, 0.05) is 12.8 Å². The fourth-order valence-corrected chi connectivity index (χ4v) is 1.89. The zero-order chi connectivity index (χ0) is 7.90. The molecule has 62 valence electrons. The summed E-state index contributed by atoms with van der Waals surface area (Å²) in [6.07, 6.45) is 3.79. The lowest BCUT2D eigenvalue weighted by molar-refractivity contribution is -0.140. The number of carbonyl (C=O) groups is 1. The fraction of sp³-hybridized carbons (Fsp3) is 0.889. The van der Waals surface area contributed by atoms with Crippen molar-refractivity contribution < 1.29 is 9.53 Å². The Labute approximate surface area is 66.9 Å². The van der Waals surface area contributed by atoms with E-state index < -0.39 is 0 Å². The van der Waals surface area contributed by atoms with Crippen LogP contribution in [0.1, 0.15) is 32.6 Å². The van der Waals surface area contributed by atoms with Gasteiger partial charge in [0.25, 0.3) is 0 Å². The molecule has 0 aromatic heterocycles. The van der Waals surface area contributed by atoms with Crippen LogP contribution >= 0.6 is 0 Å². The number of hydrogen-bond donors (Lipinski definition) is 0. The van der Waals surface area contributed by atoms with Crippen LogP contribution in [0.2, 0.25) is 0 Å². The minimum absolute atomic E-state index is 0.0880. The standard InChI is InChI=1S/C9H14O2/c1-9(7-2-3-7)6-8(10)4-5-11-9/h7H,2-6H2,1H3. The highest BCUT2D eigenvalue weighted by Gasteiger charge is 2.45. The quantitative estimate of drug-likeness (QED) is 0.572. The lowest BCUT2D eigenvalue weighted by Crippen LogP contribution is -2.39. The Morgan fingerprint density at radius 2 is 2.27 bits per heavy atom. The second-order valence-corrected chi connectivity index (χ2v) is 3.90. The maximum Gasteiger partial charge on any atom is 0.138 e. The van der Waals surface area contributed by atoms with Crippen molar-refractivity contribution >= 4 is 5.78 Å². The number of ketones is 1. The van der Waals surface area contributed by atoms with Crippen LogP contribution in [-0.4, -0.2) is 18.0 Å². The van der Waals surface area contributed by atoms with E-state index in [1.165, 1.54) is 12.8 Å². The predicted octanol–water partition coefficient (Wildman–Crippen LogP) is 1.53. The molecule has 0 amide bonds. The molecule has 2 nitrogen and oxygen atoms in total. The van der Waals surface area contributed by atoms with Gasteiger partial charge in [-0.15, -0.1) is 0 Å². The Morgan fingerprint density at radius 3 is 2.82 bits per heavy atom. The van der Waals surface area contributed by atoms with Crippen molar-refractivity contribution in [1.29, 1.82) is 0 Å². The van der Waals surface area contributed by atoms with Gasteiger partial charge in [0.1, 0.15) is 5.78 Å². The first kappa shape index (κ1) is 7.29. The summed E-state index contributed by atoms with van der Waals surface area (Å²) in [6, 6.07) is 0. The Morgan fingerprint density at radius 1 is 1.55 bits per heavy atom. The second kappa shape index (κ2) is 2.31. The van der Waals surface area contributed by atoms with E-state index in [4.69, 9.17) is 4.74 Å². The maximum absolute atomic E-state index is 11.1. The first-order valence-electron chi connectivity index (χ1n) is 4.36. The summed E-state index contributed by atoms with van der Waals surface area (Å²) in [7, 11) is 0. The van der Waals surface area contributed by atoms with Gasteiger partial charge >= 0.3 is 0 Å². The Hall–Kier alpha value is -0.370. The van der Waals surface area contributed by atoms with Crippen LogP contribution in [0, 0.1) is 5.92 Å². The topological polar surface area (TPSA) is 26.3 Å². The van der Waals surface area contributed by atoms with Crippen LogP contribution in [0.3, 0.4) is 0 Å². The molecule has 0 N–H and O–H groups in total. The highest BCUT2D eigenvalue weighted by Crippen LogP contribution is 2.45. The molecule has 2 rings (SSSR count). The van der Waals surface area contributed by atoms with Crippen molar-refractivity contribution in [3.8, 4) is 0 Å². The largest absolute Gasteiger partial charge is 0.374 e. The number of Topliss-reactive ketones (excluding diaryl/α,β-unsaturated/α-hetero) is 1. The fourth-order valence-electron chi connectivity index (χ4n) is 1.89. The van der Waals surface area contributed by atoms with Crippen LogP contribution in [-0.2, 0) is 9.53 Å². The smallest absolute Gasteiger partial charge is 0.138 e. The normalized spacial score (nSPS) is 39.2. The van der Waals surface area contributed by atoms with Crippen LogP contribution in [0.5, 0.6) is 0 Å². The molecular weight excluding hydrogens is 140 g/mol. The number of ether oxygens (including phenoxy) is 1. The molecule has 0 aromatic rings. The number of rotatable bonds is 1. The van der Waals surface area contributed by atoms with E-state index in [0.717, 1.165) is 0 Å². The van der Waals surface area contributed by atoms with E-state index in [1.54, 1.807) is 0 Å². The highest BCUT2D eigenvalue weighted by atomic mass is 16.5. The molecule has 1 aliphatic carbocycles. The molecule has 1 saturated heterocycles.